The Balaban J connectivity index is 0.00000280. The number of guanidine groups is 1. The Kier molecular flexibility index (Phi) is 9.67. The van der Waals surface area contributed by atoms with E-state index in [1.807, 2.05) is 14.0 Å². The van der Waals surface area contributed by atoms with Crippen molar-refractivity contribution < 1.29 is 0 Å². The summed E-state index contributed by atoms with van der Waals surface area (Å²) in [5, 5.41) is 7.88. The molecule has 0 aliphatic carbocycles. The molecule has 2 N–H and O–H groups in total. The zero-order valence-corrected chi connectivity index (χ0v) is 20.3. The lowest BCUT2D eigenvalue weighted by Crippen LogP contribution is -2.36. The van der Waals surface area contributed by atoms with Gasteiger partial charge in [0.2, 0.25) is 0 Å². The normalized spacial score (nSPS) is 15.2. The fraction of sp³-hybridized carbons (Fsp3) is 0.524. The average Bonchev–Trinajstić information content (AvgIpc) is 3.01. The number of nitrogens with zero attached hydrogens (tertiary/aromatic N) is 3. The minimum atomic E-state index is 0. The highest BCUT2D eigenvalue weighted by Gasteiger charge is 2.10. The number of piperidine rings is 1. The van der Waals surface area contributed by atoms with Crippen LogP contribution >= 0.6 is 35.3 Å². The molecular weight excluding hydrogens is 481 g/mol. The molecule has 1 aliphatic rings. The number of benzene rings is 1. The lowest BCUT2D eigenvalue weighted by molar-refractivity contribution is 0.221. The molecule has 0 unspecified atom stereocenters. The molecule has 28 heavy (non-hydrogen) atoms. The molecule has 0 saturated carbocycles. The summed E-state index contributed by atoms with van der Waals surface area (Å²) in [5.74, 6) is 0.817. The number of aryl methyl sites for hydroxylation is 2. The molecule has 7 heteroatoms. The van der Waals surface area contributed by atoms with Crippen molar-refractivity contribution in [1.82, 2.24) is 20.5 Å². The van der Waals surface area contributed by atoms with Gasteiger partial charge >= 0.3 is 0 Å². The largest absolute Gasteiger partial charge is 0.352 e. The van der Waals surface area contributed by atoms with E-state index >= 15 is 0 Å². The van der Waals surface area contributed by atoms with Crippen molar-refractivity contribution in [1.29, 1.82) is 0 Å². The van der Waals surface area contributed by atoms with Crippen LogP contribution in [0.5, 0.6) is 0 Å². The van der Waals surface area contributed by atoms with Crippen LogP contribution in [0.4, 0.5) is 0 Å². The van der Waals surface area contributed by atoms with Gasteiger partial charge in [0.1, 0.15) is 0 Å². The monoisotopic (exact) mass is 513 g/mol. The van der Waals surface area contributed by atoms with Gasteiger partial charge in [0.15, 0.2) is 5.96 Å². The summed E-state index contributed by atoms with van der Waals surface area (Å²) >= 11 is 1.74. The van der Waals surface area contributed by atoms with Gasteiger partial charge in [0, 0.05) is 25.0 Å². The summed E-state index contributed by atoms with van der Waals surface area (Å²) in [7, 11) is 1.81. The second kappa shape index (κ2) is 11.7. The number of halogens is 1. The fourth-order valence-electron chi connectivity index (χ4n) is 3.45. The van der Waals surface area contributed by atoms with Crippen molar-refractivity contribution in [3.63, 3.8) is 0 Å². The zero-order valence-electron chi connectivity index (χ0n) is 17.1. The first-order valence-electron chi connectivity index (χ1n) is 9.81. The Hall–Kier alpha value is -1.19. The van der Waals surface area contributed by atoms with Gasteiger partial charge in [0.05, 0.1) is 17.2 Å². The lowest BCUT2D eigenvalue weighted by atomic mass is 10.1. The second-order valence-electron chi connectivity index (χ2n) is 7.17. The summed E-state index contributed by atoms with van der Waals surface area (Å²) in [6.07, 6.45) is 4.07. The molecule has 1 aromatic heterocycles. The van der Waals surface area contributed by atoms with Gasteiger partial charge in [0.25, 0.3) is 0 Å². The maximum atomic E-state index is 4.47. The SMILES string of the molecule is CN=C(NCc1ccc(CN2CCCCC2)cc1)NCc1sc(C)nc1C.I. The molecule has 0 bridgehead atoms. The molecule has 154 valence electrons. The zero-order chi connectivity index (χ0) is 19.1. The van der Waals surface area contributed by atoms with Crippen LogP contribution in [0.1, 0.15) is 46.0 Å². The molecule has 1 saturated heterocycles. The molecule has 5 nitrogen and oxygen atoms in total. The standard InChI is InChI=1S/C21H31N5S.HI/c1-16-20(27-17(2)25-16)14-24-21(22-3)23-13-18-7-9-19(10-8-18)15-26-11-5-4-6-12-26;/h7-10H,4-6,11-15H2,1-3H3,(H2,22,23,24);1H. The van der Waals surface area contributed by atoms with Crippen LogP contribution in [-0.2, 0) is 19.6 Å². The third-order valence-electron chi connectivity index (χ3n) is 4.98. The van der Waals surface area contributed by atoms with Crippen LogP contribution in [0, 0.1) is 13.8 Å². The van der Waals surface area contributed by atoms with Crippen LogP contribution < -0.4 is 10.6 Å². The number of aliphatic imine (C=N–C) groups is 1. The van der Waals surface area contributed by atoms with Crippen molar-refractivity contribution in [3.8, 4) is 0 Å². The summed E-state index contributed by atoms with van der Waals surface area (Å²) in [5.41, 5.74) is 3.77. The quantitative estimate of drug-likeness (QED) is 0.345. The molecule has 0 atom stereocenters. The Labute approximate surface area is 190 Å². The highest BCUT2D eigenvalue weighted by Crippen LogP contribution is 2.16. The van der Waals surface area contributed by atoms with E-state index in [9.17, 15) is 0 Å². The molecular formula is C21H32IN5S. The average molecular weight is 513 g/mol. The number of aromatic nitrogens is 1. The lowest BCUT2D eigenvalue weighted by Gasteiger charge is -2.26. The predicted octanol–water partition coefficient (Wildman–Crippen LogP) is 4.23. The van der Waals surface area contributed by atoms with Crippen molar-refractivity contribution in [3.05, 3.63) is 51.0 Å². The number of likely N-dealkylation sites (tertiary alicyclic amines) is 1. The maximum Gasteiger partial charge on any atom is 0.191 e. The van der Waals surface area contributed by atoms with Gasteiger partial charge in [-0.15, -0.1) is 35.3 Å². The van der Waals surface area contributed by atoms with Gasteiger partial charge < -0.3 is 10.6 Å². The first kappa shape index (κ1) is 23.1. The Morgan fingerprint density at radius 3 is 2.29 bits per heavy atom. The maximum absolute atomic E-state index is 4.47. The van der Waals surface area contributed by atoms with E-state index in [1.165, 1.54) is 48.4 Å². The van der Waals surface area contributed by atoms with Gasteiger partial charge in [-0.1, -0.05) is 30.7 Å². The van der Waals surface area contributed by atoms with Gasteiger partial charge in [-0.2, -0.15) is 0 Å². The first-order chi connectivity index (χ1) is 13.1. The first-order valence-corrected chi connectivity index (χ1v) is 10.6. The van der Waals surface area contributed by atoms with E-state index in [0.29, 0.717) is 0 Å². The van der Waals surface area contributed by atoms with E-state index in [4.69, 9.17) is 0 Å². The smallest absolute Gasteiger partial charge is 0.191 e. The van der Waals surface area contributed by atoms with Gasteiger partial charge in [-0.25, -0.2) is 4.98 Å². The van der Waals surface area contributed by atoms with Crippen LogP contribution in [0.2, 0.25) is 0 Å². The molecule has 1 aromatic carbocycles. The summed E-state index contributed by atoms with van der Waals surface area (Å²) in [6, 6.07) is 8.95. The van der Waals surface area contributed by atoms with Crippen molar-refractivity contribution in [2.45, 2.75) is 52.7 Å². The predicted molar refractivity (Wildman–Crippen MR) is 130 cm³/mol. The minimum absolute atomic E-state index is 0. The topological polar surface area (TPSA) is 52.6 Å². The van der Waals surface area contributed by atoms with Gasteiger partial charge in [-0.05, 0) is 50.9 Å². The second-order valence-corrected chi connectivity index (χ2v) is 8.46. The van der Waals surface area contributed by atoms with Crippen molar-refractivity contribution in [2.24, 2.45) is 4.99 Å². The molecule has 0 spiro atoms. The number of rotatable bonds is 6. The Bertz CT molecular complexity index is 751. The fourth-order valence-corrected chi connectivity index (χ4v) is 4.32. The van der Waals surface area contributed by atoms with Crippen LogP contribution in [-0.4, -0.2) is 36.0 Å². The summed E-state index contributed by atoms with van der Waals surface area (Å²) in [4.78, 5) is 12.6. The summed E-state index contributed by atoms with van der Waals surface area (Å²) < 4.78 is 0. The molecule has 0 radical (unpaired) electrons. The highest BCUT2D eigenvalue weighted by molar-refractivity contribution is 14.0. The molecule has 1 fully saturated rings. The van der Waals surface area contributed by atoms with Crippen molar-refractivity contribution in [2.75, 3.05) is 20.1 Å². The van der Waals surface area contributed by atoms with Gasteiger partial charge in [-0.3, -0.25) is 9.89 Å². The molecule has 2 heterocycles. The summed E-state index contributed by atoms with van der Waals surface area (Å²) in [6.45, 7) is 9.18. The third-order valence-corrected chi connectivity index (χ3v) is 6.05. The third kappa shape index (κ3) is 7.00. The minimum Gasteiger partial charge on any atom is -0.352 e. The Morgan fingerprint density at radius 1 is 1.04 bits per heavy atom. The van der Waals surface area contributed by atoms with Crippen molar-refractivity contribution >= 4 is 41.3 Å². The highest BCUT2D eigenvalue weighted by atomic mass is 127. The van der Waals surface area contributed by atoms with Crippen LogP contribution in [0.3, 0.4) is 0 Å². The Morgan fingerprint density at radius 2 is 1.68 bits per heavy atom. The number of nitrogens with one attached hydrogen (secondary N) is 2. The van der Waals surface area contributed by atoms with Crippen LogP contribution in [0.15, 0.2) is 29.3 Å². The molecule has 1 aliphatic heterocycles. The molecule has 3 rings (SSSR count). The molecule has 2 aromatic rings. The van der Waals surface area contributed by atoms with E-state index in [-0.39, 0.29) is 24.0 Å². The number of hydrogen-bond donors (Lipinski definition) is 2. The van der Waals surface area contributed by atoms with E-state index in [1.54, 1.807) is 11.3 Å². The van der Waals surface area contributed by atoms with E-state index in [0.717, 1.165) is 36.3 Å². The van der Waals surface area contributed by atoms with E-state index < -0.39 is 0 Å². The van der Waals surface area contributed by atoms with Crippen LogP contribution in [0.25, 0.3) is 0 Å². The molecule has 0 amide bonds. The van der Waals surface area contributed by atoms with E-state index in [2.05, 4.69) is 56.7 Å². The number of hydrogen-bond acceptors (Lipinski definition) is 4. The number of thiazole rings is 1.